The first-order chi connectivity index (χ1) is 45.2. The molecule has 0 aliphatic carbocycles. The van der Waals surface area contributed by atoms with Gasteiger partial charge in [-0.3, -0.25) is 9.68 Å². The highest BCUT2D eigenvalue weighted by molar-refractivity contribution is 5.92. The number of aryl methyl sites for hydroxylation is 9. The molecule has 0 saturated carbocycles. The van der Waals surface area contributed by atoms with E-state index in [1.54, 1.807) is 0 Å². The summed E-state index contributed by atoms with van der Waals surface area (Å²) in [7, 11) is 0. The summed E-state index contributed by atoms with van der Waals surface area (Å²) in [6.07, 6.45) is 21.8. The Hall–Kier alpha value is -9.81. The van der Waals surface area contributed by atoms with Crippen molar-refractivity contribution in [3.8, 4) is 50.6 Å². The fourth-order valence-electron chi connectivity index (χ4n) is 15.4. The summed E-state index contributed by atoms with van der Waals surface area (Å²) in [5.74, 6) is 5.29. The van der Waals surface area contributed by atoms with E-state index in [0.29, 0.717) is 5.92 Å². The van der Waals surface area contributed by atoms with Gasteiger partial charge in [-0.15, -0.1) is 0 Å². The zero-order chi connectivity index (χ0) is 61.4. The molecule has 0 radical (unpaired) electrons. The average molecular weight is 1220 g/mol. The summed E-state index contributed by atoms with van der Waals surface area (Å²) in [6.45, 7) is 11.5. The molecule has 1 N–H and O–H groups in total. The molecule has 0 spiro atoms. The molecule has 1 atom stereocenters. The Kier molecular flexibility index (Phi) is 14.3. The number of nitrogens with one attached hydrogen (secondary N) is 1. The highest BCUT2D eigenvalue weighted by Gasteiger charge is 2.45. The van der Waals surface area contributed by atoms with E-state index in [4.69, 9.17) is 14.5 Å². The summed E-state index contributed by atoms with van der Waals surface area (Å²) in [5.41, 5.74) is 26.2. The van der Waals surface area contributed by atoms with Crippen LogP contribution >= 0.6 is 0 Å². The molecule has 92 heavy (non-hydrogen) atoms. The van der Waals surface area contributed by atoms with Gasteiger partial charge in [-0.25, -0.2) is 14.6 Å². The van der Waals surface area contributed by atoms with Crippen molar-refractivity contribution in [2.24, 2.45) is 5.92 Å². The Morgan fingerprint density at radius 1 is 0.402 bits per heavy atom. The SMILES string of the molecule is Cc1ccc(-c2cc3c4c(c2)N(CCCc2cc5ccc2CCCN2CN6c7c(cc(-c8ccc(C)cc8)cc72)O[n+]2ccc(cc26)CCC(CCCc2ccc[n+](c2)O3)CCc2cc[n+]3c(c2)N2CN(CCC5)c5cc(-c6ccc(C)cc6)cc(c52)O3)CN4)cc1. The van der Waals surface area contributed by atoms with Crippen LogP contribution in [0.1, 0.15) is 95.0 Å². The van der Waals surface area contributed by atoms with Crippen molar-refractivity contribution in [3.63, 3.8) is 0 Å². The number of hydrogen-bond acceptors (Lipinski definition) is 9. The molecule has 12 heteroatoms. The predicted molar refractivity (Wildman–Crippen MR) is 367 cm³/mol. The lowest BCUT2D eigenvalue weighted by molar-refractivity contribution is -0.875. The largest absolute Gasteiger partial charge is 0.363 e. The van der Waals surface area contributed by atoms with Crippen molar-refractivity contribution in [2.75, 3.05) is 69.5 Å². The van der Waals surface area contributed by atoms with Crippen molar-refractivity contribution >= 4 is 45.8 Å². The van der Waals surface area contributed by atoms with E-state index in [0.717, 1.165) is 163 Å². The third kappa shape index (κ3) is 10.8. The molecular formula is C80H80N9O3+3. The third-order valence-electron chi connectivity index (χ3n) is 20.6. The lowest BCUT2D eigenvalue weighted by atomic mass is 9.88. The molecule has 7 aromatic carbocycles. The van der Waals surface area contributed by atoms with Gasteiger partial charge in [0.05, 0.1) is 23.7 Å². The monoisotopic (exact) mass is 1210 g/mol. The van der Waals surface area contributed by atoms with Crippen LogP contribution in [0, 0.1) is 26.7 Å². The maximum atomic E-state index is 6.97. The molecule has 0 fully saturated rings. The van der Waals surface area contributed by atoms with Gasteiger partial charge in [0.25, 0.3) is 0 Å². The van der Waals surface area contributed by atoms with Gasteiger partial charge in [-0.1, -0.05) is 114 Å². The second-order valence-electron chi connectivity index (χ2n) is 26.9. The molecule has 0 saturated heterocycles. The zero-order valence-electron chi connectivity index (χ0n) is 53.2. The average Bonchev–Trinajstić information content (AvgIpc) is 1.55. The number of rotatable bonds is 3. The minimum atomic E-state index is 0.484. The van der Waals surface area contributed by atoms with Crippen LogP contribution in [0.15, 0.2) is 189 Å². The summed E-state index contributed by atoms with van der Waals surface area (Å²) >= 11 is 0. The van der Waals surface area contributed by atoms with Crippen LogP contribution in [-0.4, -0.2) is 39.6 Å². The normalized spacial score (nSPS) is 17.2. The van der Waals surface area contributed by atoms with Crippen LogP contribution in [0.25, 0.3) is 33.4 Å². The van der Waals surface area contributed by atoms with Gasteiger partial charge in [0.15, 0.2) is 13.3 Å². The number of anilines is 8. The van der Waals surface area contributed by atoms with Crippen LogP contribution in [-0.2, 0) is 38.5 Å². The second-order valence-corrected chi connectivity index (χ2v) is 26.9. The summed E-state index contributed by atoms with van der Waals surface area (Å²) in [6, 6.07) is 62.0. The lowest BCUT2D eigenvalue weighted by Gasteiger charge is -2.22. The second kappa shape index (κ2) is 23.5. The predicted octanol–water partition coefficient (Wildman–Crippen LogP) is 15.4. The first-order valence-electron chi connectivity index (χ1n) is 33.7. The quantitative estimate of drug-likeness (QED) is 0.174. The summed E-state index contributed by atoms with van der Waals surface area (Å²) in [5, 5.41) is 3.82. The van der Waals surface area contributed by atoms with Crippen LogP contribution in [0.5, 0.6) is 17.2 Å². The van der Waals surface area contributed by atoms with Crippen molar-refractivity contribution in [1.29, 1.82) is 0 Å². The molecule has 0 amide bonds. The number of fused-ring (bicyclic) bond motifs is 6. The van der Waals surface area contributed by atoms with Crippen LogP contribution in [0.4, 0.5) is 45.8 Å². The number of nitrogens with zero attached hydrogens (tertiary/aromatic N) is 8. The Bertz CT molecular complexity index is 4490. The third-order valence-corrected chi connectivity index (χ3v) is 20.6. The highest BCUT2D eigenvalue weighted by Crippen LogP contribution is 2.53. The topological polar surface area (TPSA) is 67.6 Å². The Morgan fingerprint density at radius 2 is 0.913 bits per heavy atom. The standard InChI is InChI=1S/C80H80N9O3/c1-54-15-26-63(27-16-54)67-44-70-78-73(47-67)90-85-38-6-12-61(50-85)10-4-9-57-21-23-59-33-39-88-76(42-59)86-52-83(71-45-68(48-74(91-88)79(71)86)64-28-17-55(2)18-29-64)36-5-11-58-25-32-62(66(41-58)14-8-35-82(70)51-81-78)13-7-37-84-53-87-77-43-60(24-22-57)34-40-89(77)92-75-49-69(46-72(84)80(75)87)65-30-19-56(3)20-31-65/h6,12,15-20,25-34,38-50,57,81H,4-5,7-11,13-14,21-24,35-37,51-53H2,1-3H3/q+3. The van der Waals surface area contributed by atoms with Gasteiger partial charge < -0.3 is 20.0 Å². The van der Waals surface area contributed by atoms with E-state index < -0.39 is 0 Å². The molecule has 1 unspecified atom stereocenters. The van der Waals surface area contributed by atoms with E-state index in [2.05, 4.69) is 233 Å². The first kappa shape index (κ1) is 56.2. The van der Waals surface area contributed by atoms with Crippen molar-refractivity contribution in [3.05, 3.63) is 239 Å². The molecule has 18 bridgehead atoms. The minimum Gasteiger partial charge on any atom is -0.363 e. The Morgan fingerprint density at radius 3 is 1.50 bits per heavy atom. The fourth-order valence-corrected chi connectivity index (χ4v) is 15.4. The number of hydrogen-bond donors (Lipinski definition) is 1. The smallest absolute Gasteiger partial charge is 0.323 e. The molecule has 11 heterocycles. The fraction of sp³-hybridized carbons (Fsp3) is 0.287. The molecule has 8 aliphatic rings. The molecule has 3 aromatic heterocycles. The molecule has 10 aromatic rings. The van der Waals surface area contributed by atoms with E-state index in [1.165, 1.54) is 106 Å². The molecule has 12 nitrogen and oxygen atoms in total. The molecule has 8 aliphatic heterocycles. The maximum Gasteiger partial charge on any atom is 0.323 e. The highest BCUT2D eigenvalue weighted by atomic mass is 16.7. The lowest BCUT2D eigenvalue weighted by Crippen LogP contribution is -2.48. The Labute approximate surface area is 540 Å². The first-order valence-corrected chi connectivity index (χ1v) is 33.7. The van der Waals surface area contributed by atoms with Crippen molar-refractivity contribution in [1.82, 2.24) is 0 Å². The number of pyridine rings is 3. The van der Waals surface area contributed by atoms with Gasteiger partial charge in [0.1, 0.15) is 18.1 Å². The molecule has 18 rings (SSSR count). The summed E-state index contributed by atoms with van der Waals surface area (Å²) < 4.78 is 5.94. The van der Waals surface area contributed by atoms with E-state index in [9.17, 15) is 0 Å². The van der Waals surface area contributed by atoms with Gasteiger partial charge in [-0.05, 0) is 229 Å². The molecular weight excluding hydrogens is 1130 g/mol. The number of aromatic nitrogens is 3. The van der Waals surface area contributed by atoms with E-state index in [-0.39, 0.29) is 0 Å². The minimum absolute atomic E-state index is 0.484. The number of benzene rings is 7. The van der Waals surface area contributed by atoms with Crippen LogP contribution < -0.4 is 58.5 Å². The Balaban J connectivity index is 0.767. The van der Waals surface area contributed by atoms with Crippen LogP contribution in [0.2, 0.25) is 0 Å². The maximum absolute atomic E-state index is 6.97. The van der Waals surface area contributed by atoms with Gasteiger partial charge in [0.2, 0.25) is 41.0 Å². The van der Waals surface area contributed by atoms with Gasteiger partial charge >= 0.3 is 11.6 Å². The zero-order valence-corrected chi connectivity index (χ0v) is 53.2. The van der Waals surface area contributed by atoms with Crippen molar-refractivity contribution < 1.29 is 28.7 Å². The van der Waals surface area contributed by atoms with Gasteiger partial charge in [-0.2, -0.15) is 0 Å². The van der Waals surface area contributed by atoms with Crippen molar-refractivity contribution in [2.45, 2.75) is 104 Å². The van der Waals surface area contributed by atoms with Crippen LogP contribution in [0.3, 0.4) is 0 Å². The van der Waals surface area contributed by atoms with Gasteiger partial charge in [0, 0.05) is 48.1 Å². The van der Waals surface area contributed by atoms with E-state index >= 15 is 0 Å². The van der Waals surface area contributed by atoms with E-state index in [1.807, 2.05) is 20.4 Å². The molecule has 460 valence electrons. The summed E-state index contributed by atoms with van der Waals surface area (Å²) in [4.78, 5) is 33.6.